The van der Waals surface area contributed by atoms with Gasteiger partial charge in [0.1, 0.15) is 0 Å². The second kappa shape index (κ2) is 6.43. The van der Waals surface area contributed by atoms with Crippen LogP contribution in [-0.2, 0) is 0 Å². The average Bonchev–Trinajstić information content (AvgIpc) is 2.54. The standard InChI is InChI=1S/C20H15Cl/c21-19-13-7-12-18(15-19)20(17-10-5-2-6-11-17)14-16-8-3-1-4-9-16/h1-15H/b20-14+. The fraction of sp³-hybridized carbons (Fsp3) is 0. The third-order valence-corrected chi connectivity index (χ3v) is 3.57. The molecule has 0 aromatic heterocycles. The van der Waals surface area contributed by atoms with Gasteiger partial charge in [-0.15, -0.1) is 0 Å². The van der Waals surface area contributed by atoms with Crippen molar-refractivity contribution in [3.8, 4) is 0 Å². The van der Waals surface area contributed by atoms with Crippen LogP contribution >= 0.6 is 11.6 Å². The Morgan fingerprint density at radius 3 is 1.95 bits per heavy atom. The van der Waals surface area contributed by atoms with E-state index in [1.807, 2.05) is 42.5 Å². The molecule has 102 valence electrons. The summed E-state index contributed by atoms with van der Waals surface area (Å²) in [5.74, 6) is 0. The van der Waals surface area contributed by atoms with Gasteiger partial charge in [-0.2, -0.15) is 0 Å². The summed E-state index contributed by atoms with van der Waals surface area (Å²) in [6, 6.07) is 28.7. The first kappa shape index (κ1) is 13.7. The molecule has 3 aromatic carbocycles. The van der Waals surface area contributed by atoms with Crippen molar-refractivity contribution in [1.29, 1.82) is 0 Å². The molecule has 0 aliphatic carbocycles. The minimum absolute atomic E-state index is 0.752. The summed E-state index contributed by atoms with van der Waals surface area (Å²) in [5.41, 5.74) is 4.65. The molecule has 0 saturated heterocycles. The van der Waals surface area contributed by atoms with Crippen molar-refractivity contribution in [2.45, 2.75) is 0 Å². The molecule has 0 heterocycles. The minimum atomic E-state index is 0.752. The van der Waals surface area contributed by atoms with Gasteiger partial charge in [0.05, 0.1) is 0 Å². The maximum Gasteiger partial charge on any atom is 0.0412 e. The Morgan fingerprint density at radius 2 is 1.29 bits per heavy atom. The van der Waals surface area contributed by atoms with Crippen molar-refractivity contribution < 1.29 is 0 Å². The molecule has 0 amide bonds. The van der Waals surface area contributed by atoms with Crippen molar-refractivity contribution in [3.63, 3.8) is 0 Å². The van der Waals surface area contributed by atoms with E-state index in [4.69, 9.17) is 11.6 Å². The first-order valence-corrected chi connectivity index (χ1v) is 7.29. The molecule has 0 spiro atoms. The predicted molar refractivity (Wildman–Crippen MR) is 91.3 cm³/mol. The normalized spacial score (nSPS) is 11.4. The topological polar surface area (TPSA) is 0 Å². The van der Waals surface area contributed by atoms with Gasteiger partial charge in [-0.05, 0) is 40.5 Å². The van der Waals surface area contributed by atoms with Gasteiger partial charge in [-0.25, -0.2) is 0 Å². The lowest BCUT2D eigenvalue weighted by molar-refractivity contribution is 1.55. The van der Waals surface area contributed by atoms with Gasteiger partial charge in [0, 0.05) is 5.02 Å². The lowest BCUT2D eigenvalue weighted by atomic mass is 9.96. The van der Waals surface area contributed by atoms with Crippen LogP contribution in [0.25, 0.3) is 11.6 Å². The lowest BCUT2D eigenvalue weighted by Crippen LogP contribution is -1.88. The summed E-state index contributed by atoms with van der Waals surface area (Å²) in [5, 5.41) is 0.752. The lowest BCUT2D eigenvalue weighted by Gasteiger charge is -2.09. The van der Waals surface area contributed by atoms with E-state index in [0.29, 0.717) is 0 Å². The molecule has 3 rings (SSSR count). The first-order chi connectivity index (χ1) is 10.3. The SMILES string of the molecule is Clc1cccc(/C(=C/c2ccccc2)c2ccccc2)c1. The molecule has 0 atom stereocenters. The summed E-state index contributed by atoms with van der Waals surface area (Å²) < 4.78 is 0. The molecule has 1 heteroatoms. The molecule has 0 saturated carbocycles. The molecule has 0 bridgehead atoms. The third kappa shape index (κ3) is 3.42. The fourth-order valence-electron chi connectivity index (χ4n) is 2.32. The van der Waals surface area contributed by atoms with E-state index >= 15 is 0 Å². The van der Waals surface area contributed by atoms with Gasteiger partial charge < -0.3 is 0 Å². The molecule has 21 heavy (non-hydrogen) atoms. The van der Waals surface area contributed by atoms with Crippen molar-refractivity contribution in [2.24, 2.45) is 0 Å². The van der Waals surface area contributed by atoms with Crippen LogP contribution in [0.2, 0.25) is 5.02 Å². The van der Waals surface area contributed by atoms with Crippen LogP contribution in [0.4, 0.5) is 0 Å². The van der Waals surface area contributed by atoms with E-state index in [1.165, 1.54) is 16.7 Å². The molecule has 0 fully saturated rings. The summed E-state index contributed by atoms with van der Waals surface area (Å²) in [6.45, 7) is 0. The van der Waals surface area contributed by atoms with Crippen LogP contribution in [0.15, 0.2) is 84.9 Å². The fourth-order valence-corrected chi connectivity index (χ4v) is 2.51. The Bertz CT molecular complexity index is 743. The van der Waals surface area contributed by atoms with Crippen molar-refractivity contribution >= 4 is 23.3 Å². The highest BCUT2D eigenvalue weighted by molar-refractivity contribution is 6.30. The van der Waals surface area contributed by atoms with Gasteiger partial charge in [0.2, 0.25) is 0 Å². The smallest absolute Gasteiger partial charge is 0.0412 e. The highest BCUT2D eigenvalue weighted by Crippen LogP contribution is 2.27. The third-order valence-electron chi connectivity index (χ3n) is 3.33. The maximum absolute atomic E-state index is 6.15. The van der Waals surface area contributed by atoms with Crippen LogP contribution in [0.3, 0.4) is 0 Å². The zero-order valence-electron chi connectivity index (χ0n) is 11.5. The quantitative estimate of drug-likeness (QED) is 0.525. The second-order valence-electron chi connectivity index (χ2n) is 4.85. The highest BCUT2D eigenvalue weighted by Gasteiger charge is 2.05. The highest BCUT2D eigenvalue weighted by atomic mass is 35.5. The monoisotopic (exact) mass is 290 g/mol. The van der Waals surface area contributed by atoms with Gasteiger partial charge in [-0.3, -0.25) is 0 Å². The van der Waals surface area contributed by atoms with Crippen LogP contribution in [-0.4, -0.2) is 0 Å². The molecule has 0 N–H and O–H groups in total. The zero-order chi connectivity index (χ0) is 14.5. The summed E-state index contributed by atoms with van der Waals surface area (Å²) in [7, 11) is 0. The summed E-state index contributed by atoms with van der Waals surface area (Å²) in [4.78, 5) is 0. The molecule has 0 nitrogen and oxygen atoms in total. The average molecular weight is 291 g/mol. The molecule has 0 aliphatic heterocycles. The van der Waals surface area contributed by atoms with Gasteiger partial charge in [-0.1, -0.05) is 84.4 Å². The van der Waals surface area contributed by atoms with E-state index < -0.39 is 0 Å². The molecular formula is C20H15Cl. The molecular weight excluding hydrogens is 276 g/mol. The zero-order valence-corrected chi connectivity index (χ0v) is 12.3. The van der Waals surface area contributed by atoms with E-state index in [-0.39, 0.29) is 0 Å². The van der Waals surface area contributed by atoms with Crippen LogP contribution in [0, 0.1) is 0 Å². The predicted octanol–water partition coefficient (Wildman–Crippen LogP) is 5.93. The van der Waals surface area contributed by atoms with E-state index in [1.54, 1.807) is 0 Å². The second-order valence-corrected chi connectivity index (χ2v) is 5.28. The van der Waals surface area contributed by atoms with E-state index in [0.717, 1.165) is 10.6 Å². The Balaban J connectivity index is 2.14. The Kier molecular flexibility index (Phi) is 4.18. The number of hydrogen-bond acceptors (Lipinski definition) is 0. The number of rotatable bonds is 3. The van der Waals surface area contributed by atoms with Gasteiger partial charge >= 0.3 is 0 Å². The summed E-state index contributed by atoms with van der Waals surface area (Å²) >= 11 is 6.15. The number of halogens is 1. The molecule has 0 aliphatic rings. The number of benzene rings is 3. The Morgan fingerprint density at radius 1 is 0.667 bits per heavy atom. The van der Waals surface area contributed by atoms with Crippen LogP contribution < -0.4 is 0 Å². The van der Waals surface area contributed by atoms with Crippen molar-refractivity contribution in [1.82, 2.24) is 0 Å². The van der Waals surface area contributed by atoms with E-state index in [2.05, 4.69) is 48.5 Å². The van der Waals surface area contributed by atoms with E-state index in [9.17, 15) is 0 Å². The molecule has 0 unspecified atom stereocenters. The largest absolute Gasteiger partial charge is 0.0843 e. The Labute approximate surface area is 130 Å². The molecule has 0 radical (unpaired) electrons. The maximum atomic E-state index is 6.15. The van der Waals surface area contributed by atoms with Gasteiger partial charge in [0.25, 0.3) is 0 Å². The van der Waals surface area contributed by atoms with Crippen LogP contribution in [0.1, 0.15) is 16.7 Å². The molecule has 3 aromatic rings. The Hall–Kier alpha value is -2.31. The van der Waals surface area contributed by atoms with Crippen molar-refractivity contribution in [3.05, 3.63) is 107 Å². The summed E-state index contributed by atoms with van der Waals surface area (Å²) in [6.07, 6.45) is 2.20. The van der Waals surface area contributed by atoms with Gasteiger partial charge in [0.15, 0.2) is 0 Å². The van der Waals surface area contributed by atoms with Crippen LogP contribution in [0.5, 0.6) is 0 Å². The van der Waals surface area contributed by atoms with Crippen molar-refractivity contribution in [2.75, 3.05) is 0 Å². The minimum Gasteiger partial charge on any atom is -0.0843 e. The first-order valence-electron chi connectivity index (χ1n) is 6.91. The number of hydrogen-bond donors (Lipinski definition) is 0.